The maximum atomic E-state index is 12.3. The van der Waals surface area contributed by atoms with Crippen LogP contribution in [0.1, 0.15) is 32.6 Å². The smallest absolute Gasteiger partial charge is 0.401 e. The van der Waals surface area contributed by atoms with Gasteiger partial charge in [0, 0.05) is 12.5 Å². The summed E-state index contributed by atoms with van der Waals surface area (Å²) in [5.74, 6) is -0.853. The second kappa shape index (κ2) is 6.88. The van der Waals surface area contributed by atoms with Crippen molar-refractivity contribution in [1.82, 2.24) is 4.90 Å². The molecule has 0 aromatic carbocycles. The van der Waals surface area contributed by atoms with Crippen LogP contribution in [0.25, 0.3) is 0 Å². The normalized spacial score (nSPS) is 15.6. The van der Waals surface area contributed by atoms with Crippen LogP contribution in [0.5, 0.6) is 0 Å². The lowest BCUT2D eigenvalue weighted by Crippen LogP contribution is -2.39. The van der Waals surface area contributed by atoms with Crippen LogP contribution in [0.15, 0.2) is 0 Å². The molecule has 0 aliphatic heterocycles. The number of carbonyl (C=O) groups excluding carboxylic acids is 2. The van der Waals surface area contributed by atoms with Gasteiger partial charge in [-0.15, -0.1) is 0 Å². The first-order chi connectivity index (χ1) is 8.81. The van der Waals surface area contributed by atoms with Gasteiger partial charge in [-0.3, -0.25) is 14.5 Å². The van der Waals surface area contributed by atoms with Crippen LogP contribution < -0.4 is 0 Å². The number of Topliss-reactive ketones (excluding diaryl/α,β-unsaturated/α-hetero) is 1. The molecule has 1 aliphatic rings. The summed E-state index contributed by atoms with van der Waals surface area (Å²) in [4.78, 5) is 23.8. The van der Waals surface area contributed by atoms with Crippen molar-refractivity contribution in [2.75, 3.05) is 19.7 Å². The van der Waals surface area contributed by atoms with E-state index >= 15 is 0 Å². The monoisotopic (exact) mass is 281 g/mol. The number of ether oxygens (including phenoxy) is 1. The van der Waals surface area contributed by atoms with E-state index in [-0.39, 0.29) is 37.8 Å². The number of rotatable bonds is 8. The largest absolute Gasteiger partial charge is 0.466 e. The molecule has 0 N–H and O–H groups in total. The van der Waals surface area contributed by atoms with Crippen molar-refractivity contribution in [2.45, 2.75) is 44.8 Å². The van der Waals surface area contributed by atoms with E-state index in [4.69, 9.17) is 0 Å². The van der Waals surface area contributed by atoms with Crippen LogP contribution in [-0.4, -0.2) is 48.6 Å². The van der Waals surface area contributed by atoms with Gasteiger partial charge in [0.15, 0.2) is 0 Å². The first-order valence-corrected chi connectivity index (χ1v) is 6.30. The SMILES string of the molecule is CCOC(=O)CCC(=O)CN(CC(F)(F)F)C1CC1. The second-order valence-electron chi connectivity index (χ2n) is 4.60. The Hall–Kier alpha value is -1.11. The summed E-state index contributed by atoms with van der Waals surface area (Å²) < 4.78 is 41.6. The molecule has 1 aliphatic carbocycles. The Morgan fingerprint density at radius 2 is 1.89 bits per heavy atom. The average Bonchev–Trinajstić information content (AvgIpc) is 3.07. The van der Waals surface area contributed by atoms with Gasteiger partial charge in [-0.2, -0.15) is 13.2 Å². The Kier molecular flexibility index (Phi) is 5.78. The molecule has 4 nitrogen and oxygen atoms in total. The van der Waals surface area contributed by atoms with Gasteiger partial charge < -0.3 is 4.74 Å². The van der Waals surface area contributed by atoms with Crippen LogP contribution in [-0.2, 0) is 14.3 Å². The number of hydrogen-bond acceptors (Lipinski definition) is 4. The van der Waals surface area contributed by atoms with Crippen molar-refractivity contribution >= 4 is 11.8 Å². The molecule has 110 valence electrons. The molecule has 0 heterocycles. The molecule has 0 saturated heterocycles. The van der Waals surface area contributed by atoms with Crippen LogP contribution in [0.4, 0.5) is 13.2 Å². The van der Waals surface area contributed by atoms with E-state index in [0.717, 1.165) is 4.90 Å². The molecule has 0 aromatic rings. The van der Waals surface area contributed by atoms with E-state index in [1.165, 1.54) is 0 Å². The third-order valence-electron chi connectivity index (χ3n) is 2.74. The van der Waals surface area contributed by atoms with Gasteiger partial charge in [0.25, 0.3) is 0 Å². The molecule has 0 bridgehead atoms. The Labute approximate surface area is 109 Å². The van der Waals surface area contributed by atoms with Gasteiger partial charge in [-0.05, 0) is 19.8 Å². The van der Waals surface area contributed by atoms with Gasteiger partial charge in [-0.1, -0.05) is 0 Å². The summed E-state index contributed by atoms with van der Waals surface area (Å²) in [6, 6.07) is -0.145. The third-order valence-corrected chi connectivity index (χ3v) is 2.74. The van der Waals surface area contributed by atoms with E-state index in [2.05, 4.69) is 4.74 Å². The molecule has 0 spiro atoms. The molecule has 1 fully saturated rings. The van der Waals surface area contributed by atoms with Gasteiger partial charge in [0.05, 0.1) is 26.1 Å². The van der Waals surface area contributed by atoms with Gasteiger partial charge in [0.2, 0.25) is 0 Å². The number of hydrogen-bond donors (Lipinski definition) is 0. The van der Waals surface area contributed by atoms with Gasteiger partial charge in [0.1, 0.15) is 5.78 Å². The molecule has 1 saturated carbocycles. The Balaban J connectivity index is 2.33. The minimum Gasteiger partial charge on any atom is -0.466 e. The second-order valence-corrected chi connectivity index (χ2v) is 4.60. The third kappa shape index (κ3) is 7.15. The van der Waals surface area contributed by atoms with Crippen molar-refractivity contribution in [3.63, 3.8) is 0 Å². The Morgan fingerprint density at radius 3 is 2.37 bits per heavy atom. The Bertz CT molecular complexity index is 327. The topological polar surface area (TPSA) is 46.6 Å². The zero-order valence-electron chi connectivity index (χ0n) is 10.8. The zero-order valence-corrected chi connectivity index (χ0v) is 10.8. The lowest BCUT2D eigenvalue weighted by atomic mass is 10.2. The quantitative estimate of drug-likeness (QED) is 0.638. The van der Waals surface area contributed by atoms with E-state index in [9.17, 15) is 22.8 Å². The van der Waals surface area contributed by atoms with Gasteiger partial charge >= 0.3 is 12.1 Å². The lowest BCUT2D eigenvalue weighted by molar-refractivity contribution is -0.151. The highest BCUT2D eigenvalue weighted by molar-refractivity contribution is 5.84. The standard InChI is InChI=1S/C12H18F3NO3/c1-2-19-11(18)6-5-10(17)7-16(9-3-4-9)8-12(13,14)15/h9H,2-8H2,1H3. The van der Waals surface area contributed by atoms with Crippen molar-refractivity contribution in [1.29, 1.82) is 0 Å². The molecular formula is C12H18F3NO3. The number of nitrogens with zero attached hydrogens (tertiary/aromatic N) is 1. The van der Waals surface area contributed by atoms with Crippen LogP contribution >= 0.6 is 0 Å². The molecule has 0 amide bonds. The molecule has 0 atom stereocenters. The zero-order chi connectivity index (χ0) is 14.5. The van der Waals surface area contributed by atoms with E-state index < -0.39 is 18.7 Å². The van der Waals surface area contributed by atoms with Crippen molar-refractivity contribution in [3.05, 3.63) is 0 Å². The fraction of sp³-hybridized carbons (Fsp3) is 0.833. The summed E-state index contributed by atoms with van der Waals surface area (Å²) >= 11 is 0. The van der Waals surface area contributed by atoms with Gasteiger partial charge in [-0.25, -0.2) is 0 Å². The maximum Gasteiger partial charge on any atom is 0.401 e. The maximum absolute atomic E-state index is 12.3. The highest BCUT2D eigenvalue weighted by Crippen LogP contribution is 2.29. The van der Waals surface area contributed by atoms with E-state index in [0.29, 0.717) is 12.8 Å². The van der Waals surface area contributed by atoms with E-state index in [1.54, 1.807) is 6.92 Å². The van der Waals surface area contributed by atoms with Crippen molar-refractivity contribution < 1.29 is 27.5 Å². The first kappa shape index (κ1) is 15.9. The van der Waals surface area contributed by atoms with Crippen LogP contribution in [0, 0.1) is 0 Å². The fourth-order valence-electron chi connectivity index (χ4n) is 1.76. The number of carbonyl (C=O) groups is 2. The highest BCUT2D eigenvalue weighted by atomic mass is 19.4. The molecular weight excluding hydrogens is 263 g/mol. The summed E-state index contributed by atoms with van der Waals surface area (Å²) in [6.45, 7) is 0.569. The minimum atomic E-state index is -4.30. The number of alkyl halides is 3. The predicted molar refractivity (Wildman–Crippen MR) is 61.5 cm³/mol. The van der Waals surface area contributed by atoms with Crippen molar-refractivity contribution in [3.8, 4) is 0 Å². The predicted octanol–water partition coefficient (Wildman–Crippen LogP) is 1.93. The molecule has 0 aromatic heterocycles. The summed E-state index contributed by atoms with van der Waals surface area (Å²) in [6.07, 6.45) is -3.05. The molecule has 0 unspecified atom stereocenters. The average molecular weight is 281 g/mol. The Morgan fingerprint density at radius 1 is 1.26 bits per heavy atom. The minimum absolute atomic E-state index is 0.0695. The molecule has 19 heavy (non-hydrogen) atoms. The van der Waals surface area contributed by atoms with Crippen molar-refractivity contribution in [2.24, 2.45) is 0 Å². The fourth-order valence-corrected chi connectivity index (χ4v) is 1.76. The summed E-state index contributed by atoms with van der Waals surface area (Å²) in [7, 11) is 0. The lowest BCUT2D eigenvalue weighted by Gasteiger charge is -2.22. The van der Waals surface area contributed by atoms with E-state index in [1.807, 2.05) is 0 Å². The highest BCUT2D eigenvalue weighted by Gasteiger charge is 2.38. The number of esters is 1. The number of halogens is 3. The first-order valence-electron chi connectivity index (χ1n) is 6.30. The molecule has 1 rings (SSSR count). The summed E-state index contributed by atoms with van der Waals surface area (Å²) in [5.41, 5.74) is 0. The van der Waals surface area contributed by atoms with Crippen LogP contribution in [0.3, 0.4) is 0 Å². The summed E-state index contributed by atoms with van der Waals surface area (Å²) in [5, 5.41) is 0. The number of ketones is 1. The molecule has 0 radical (unpaired) electrons. The molecule has 7 heteroatoms. The van der Waals surface area contributed by atoms with Crippen LogP contribution in [0.2, 0.25) is 0 Å².